The van der Waals surface area contributed by atoms with Gasteiger partial charge < -0.3 is 14.8 Å². The van der Waals surface area contributed by atoms with Crippen LogP contribution in [0.5, 0.6) is 0 Å². The molecule has 0 saturated carbocycles. The van der Waals surface area contributed by atoms with E-state index in [4.69, 9.17) is 0 Å². The molecule has 158 valence electrons. The summed E-state index contributed by atoms with van der Waals surface area (Å²) < 4.78 is 34.5. The van der Waals surface area contributed by atoms with Crippen LogP contribution < -0.4 is 61.6 Å². The van der Waals surface area contributed by atoms with E-state index in [9.17, 15) is 13.0 Å². The minimum Gasteiger partial charge on any atom is -0.744 e. The van der Waals surface area contributed by atoms with Crippen LogP contribution in [0.1, 0.15) is 63.9 Å². The zero-order valence-corrected chi connectivity index (χ0v) is 22.1. The van der Waals surface area contributed by atoms with Crippen LogP contribution in [0.25, 0.3) is 0 Å². The summed E-state index contributed by atoms with van der Waals surface area (Å²) in [5, 5.41) is 3.52. The van der Waals surface area contributed by atoms with E-state index in [2.05, 4.69) is 29.3 Å². The van der Waals surface area contributed by atoms with Crippen molar-refractivity contribution in [2.24, 2.45) is 0 Å². The SMILES string of the molecule is CCCCCCCCCC1Nc2ccc(S(=O)(=O)[O-])cc2N1Cc1ccccc1.[K+]. The first-order valence-corrected chi connectivity index (χ1v) is 12.1. The predicted molar refractivity (Wildman–Crippen MR) is 117 cm³/mol. The molecule has 7 heteroatoms. The van der Waals surface area contributed by atoms with Gasteiger partial charge in [0.25, 0.3) is 0 Å². The van der Waals surface area contributed by atoms with E-state index in [1.165, 1.54) is 50.7 Å². The Kier molecular flexibility index (Phi) is 10.8. The van der Waals surface area contributed by atoms with Crippen molar-refractivity contribution < 1.29 is 64.4 Å². The summed E-state index contributed by atoms with van der Waals surface area (Å²) >= 11 is 0. The minimum absolute atomic E-state index is 0. The number of hydrogen-bond acceptors (Lipinski definition) is 5. The zero-order valence-electron chi connectivity index (χ0n) is 18.1. The van der Waals surface area contributed by atoms with Gasteiger partial charge in [-0.15, -0.1) is 0 Å². The molecule has 1 N–H and O–H groups in total. The second-order valence-electron chi connectivity index (χ2n) is 7.82. The molecule has 1 heterocycles. The number of fused-ring (bicyclic) bond motifs is 1. The van der Waals surface area contributed by atoms with E-state index >= 15 is 0 Å². The normalized spacial score (nSPS) is 15.4. The zero-order chi connectivity index (χ0) is 20.7. The Bertz CT molecular complexity index is 891. The Balaban J connectivity index is 0.00000320. The van der Waals surface area contributed by atoms with Gasteiger partial charge in [-0.25, -0.2) is 8.42 Å². The molecule has 0 bridgehead atoms. The molecule has 0 saturated heterocycles. The van der Waals surface area contributed by atoms with Crippen molar-refractivity contribution in [3.8, 4) is 0 Å². The van der Waals surface area contributed by atoms with Crippen LogP contribution in [-0.2, 0) is 16.7 Å². The fraction of sp³-hybridized carbons (Fsp3) is 0.478. The third-order valence-electron chi connectivity index (χ3n) is 5.54. The molecule has 2 aromatic carbocycles. The van der Waals surface area contributed by atoms with E-state index in [0.717, 1.165) is 29.8 Å². The molecule has 0 fully saturated rings. The Morgan fingerprint density at radius 3 is 2.30 bits per heavy atom. The van der Waals surface area contributed by atoms with Gasteiger partial charge in [0, 0.05) is 6.54 Å². The number of nitrogens with zero attached hydrogens (tertiary/aromatic N) is 1. The molecule has 3 rings (SSSR count). The average Bonchev–Trinajstić information content (AvgIpc) is 3.04. The summed E-state index contributed by atoms with van der Waals surface area (Å²) in [4.78, 5) is 2.02. The van der Waals surface area contributed by atoms with Crippen molar-refractivity contribution in [2.75, 3.05) is 10.2 Å². The Morgan fingerprint density at radius 1 is 0.967 bits per heavy atom. The molecule has 2 aromatic rings. The number of anilines is 2. The van der Waals surface area contributed by atoms with E-state index in [-0.39, 0.29) is 62.4 Å². The summed E-state index contributed by atoms with van der Waals surface area (Å²) in [6, 6.07) is 14.7. The van der Waals surface area contributed by atoms with Gasteiger partial charge in [-0.1, -0.05) is 75.8 Å². The fourth-order valence-electron chi connectivity index (χ4n) is 3.95. The summed E-state index contributed by atoms with van der Waals surface area (Å²) in [5.74, 6) is 0. The molecular formula is C23H31KN2O3S. The first-order valence-electron chi connectivity index (χ1n) is 10.7. The van der Waals surface area contributed by atoms with Gasteiger partial charge >= 0.3 is 51.4 Å². The van der Waals surface area contributed by atoms with Crippen molar-refractivity contribution in [3.63, 3.8) is 0 Å². The van der Waals surface area contributed by atoms with Gasteiger partial charge in [-0.05, 0) is 36.6 Å². The van der Waals surface area contributed by atoms with Crippen LogP contribution >= 0.6 is 0 Å². The molecule has 30 heavy (non-hydrogen) atoms. The van der Waals surface area contributed by atoms with Crippen LogP contribution in [0.2, 0.25) is 0 Å². The second kappa shape index (κ2) is 12.6. The Morgan fingerprint density at radius 2 is 1.63 bits per heavy atom. The largest absolute Gasteiger partial charge is 1.00 e. The Hall–Kier alpha value is -0.414. The first kappa shape index (κ1) is 25.8. The fourth-order valence-corrected chi connectivity index (χ4v) is 4.44. The molecule has 1 aliphatic heterocycles. The Labute approximate surface area is 223 Å². The van der Waals surface area contributed by atoms with E-state index in [1.54, 1.807) is 6.07 Å². The molecule has 1 atom stereocenters. The molecule has 5 nitrogen and oxygen atoms in total. The first-order chi connectivity index (χ1) is 14.0. The van der Waals surface area contributed by atoms with Gasteiger partial charge in [0.1, 0.15) is 10.1 Å². The van der Waals surface area contributed by atoms with Gasteiger partial charge in [0.15, 0.2) is 0 Å². The number of unbranched alkanes of at least 4 members (excludes halogenated alkanes) is 6. The third-order valence-corrected chi connectivity index (χ3v) is 6.37. The number of benzene rings is 2. The molecule has 0 aliphatic carbocycles. The van der Waals surface area contributed by atoms with E-state index in [1.807, 2.05) is 18.2 Å². The molecule has 1 aliphatic rings. The predicted octanol–water partition coefficient (Wildman–Crippen LogP) is 2.49. The van der Waals surface area contributed by atoms with Crippen LogP contribution in [0, 0.1) is 0 Å². The maximum absolute atomic E-state index is 11.5. The minimum atomic E-state index is -4.47. The maximum atomic E-state index is 11.5. The van der Waals surface area contributed by atoms with Gasteiger partial charge in [0.2, 0.25) is 0 Å². The third kappa shape index (κ3) is 7.33. The summed E-state index contributed by atoms with van der Waals surface area (Å²) in [6.45, 7) is 2.90. The number of nitrogens with one attached hydrogen (secondary N) is 1. The topological polar surface area (TPSA) is 72.5 Å². The van der Waals surface area contributed by atoms with Crippen molar-refractivity contribution in [2.45, 2.75) is 75.9 Å². The van der Waals surface area contributed by atoms with E-state index in [0.29, 0.717) is 6.54 Å². The average molecular weight is 455 g/mol. The van der Waals surface area contributed by atoms with Crippen LogP contribution in [-0.4, -0.2) is 19.1 Å². The molecule has 0 radical (unpaired) electrons. The van der Waals surface area contributed by atoms with Crippen LogP contribution in [0.3, 0.4) is 0 Å². The quantitative estimate of drug-likeness (QED) is 0.321. The van der Waals surface area contributed by atoms with Crippen LogP contribution in [0.4, 0.5) is 11.4 Å². The number of rotatable bonds is 11. The van der Waals surface area contributed by atoms with Crippen molar-refractivity contribution in [1.29, 1.82) is 0 Å². The van der Waals surface area contributed by atoms with Gasteiger partial charge in [0.05, 0.1) is 22.4 Å². The van der Waals surface area contributed by atoms with E-state index < -0.39 is 10.1 Å². The molecule has 0 amide bonds. The molecule has 0 spiro atoms. The van der Waals surface area contributed by atoms with Gasteiger partial charge in [-0.2, -0.15) is 0 Å². The number of hydrogen-bond donors (Lipinski definition) is 1. The smallest absolute Gasteiger partial charge is 0.744 e. The molecule has 0 aromatic heterocycles. The monoisotopic (exact) mass is 454 g/mol. The summed E-state index contributed by atoms with van der Waals surface area (Å²) in [7, 11) is -4.47. The standard InChI is InChI=1S/C23H32N2O3S.K/c1-2-3-4-5-6-7-11-14-23-24-21-16-15-20(29(26,27)28)17-22(21)25(23)18-19-12-9-8-10-13-19;/h8-10,12-13,15-17,23-24H,2-7,11,14,18H2,1H3,(H,26,27,28);/q;+1/p-1. The maximum Gasteiger partial charge on any atom is 1.00 e. The second-order valence-corrected chi connectivity index (χ2v) is 9.20. The summed E-state index contributed by atoms with van der Waals surface area (Å²) in [5.41, 5.74) is 2.84. The van der Waals surface area contributed by atoms with Crippen LogP contribution in [0.15, 0.2) is 53.4 Å². The molecular weight excluding hydrogens is 423 g/mol. The summed E-state index contributed by atoms with van der Waals surface area (Å²) in [6.07, 6.45) is 9.86. The molecule has 1 unspecified atom stereocenters. The van der Waals surface area contributed by atoms with Gasteiger partial charge in [-0.3, -0.25) is 0 Å². The van der Waals surface area contributed by atoms with Crippen molar-refractivity contribution in [1.82, 2.24) is 0 Å². The van der Waals surface area contributed by atoms with Crippen molar-refractivity contribution in [3.05, 3.63) is 54.1 Å². The van der Waals surface area contributed by atoms with Crippen molar-refractivity contribution >= 4 is 21.5 Å².